The first-order valence-electron chi connectivity index (χ1n) is 6.39. The third-order valence-electron chi connectivity index (χ3n) is 3.52. The molecule has 1 aliphatic heterocycles. The average molecular weight is 263 g/mol. The molecule has 3 rings (SSSR count). The zero-order chi connectivity index (χ0) is 13.4. The molecule has 0 radical (unpaired) electrons. The molecule has 100 valence electrons. The Morgan fingerprint density at radius 3 is 2.84 bits per heavy atom. The smallest absolute Gasteiger partial charge is 0.133 e. The van der Waals surface area contributed by atoms with Crippen molar-refractivity contribution in [1.82, 2.24) is 15.3 Å². The first kappa shape index (κ1) is 12.3. The van der Waals surface area contributed by atoms with Gasteiger partial charge in [-0.05, 0) is 44.0 Å². The predicted molar refractivity (Wildman–Crippen MR) is 68.7 cm³/mol. The van der Waals surface area contributed by atoms with Crippen LogP contribution < -0.4 is 5.32 Å². The lowest BCUT2D eigenvalue weighted by atomic mass is 10.1. The fourth-order valence-corrected chi connectivity index (χ4v) is 2.42. The van der Waals surface area contributed by atoms with E-state index in [4.69, 9.17) is 0 Å². The van der Waals surface area contributed by atoms with Crippen molar-refractivity contribution in [2.24, 2.45) is 0 Å². The van der Waals surface area contributed by atoms with Crippen LogP contribution in [0.15, 0.2) is 18.3 Å². The van der Waals surface area contributed by atoms with Gasteiger partial charge in [0, 0.05) is 5.56 Å². The van der Waals surface area contributed by atoms with Gasteiger partial charge in [0.05, 0.1) is 17.9 Å². The minimum absolute atomic E-state index is 0.187. The van der Waals surface area contributed by atoms with E-state index in [1.54, 1.807) is 13.1 Å². The summed E-state index contributed by atoms with van der Waals surface area (Å²) in [6.07, 6.45) is 3.68. The summed E-state index contributed by atoms with van der Waals surface area (Å²) in [6.45, 7) is 2.51. The minimum atomic E-state index is -0.437. The lowest BCUT2D eigenvalue weighted by Crippen LogP contribution is -2.14. The predicted octanol–water partition coefficient (Wildman–Crippen LogP) is 3.09. The SMILES string of the molecule is Cc1cc(F)c(-c2cnc(C3CCCN3)[nH]2)cc1F. The van der Waals surface area contributed by atoms with Gasteiger partial charge in [0.25, 0.3) is 0 Å². The van der Waals surface area contributed by atoms with E-state index in [0.29, 0.717) is 11.3 Å². The third kappa shape index (κ3) is 2.26. The molecule has 2 N–H and O–H groups in total. The lowest BCUT2D eigenvalue weighted by Gasteiger charge is -2.06. The number of imidazole rings is 1. The Hall–Kier alpha value is -1.75. The van der Waals surface area contributed by atoms with Gasteiger partial charge >= 0.3 is 0 Å². The average Bonchev–Trinajstić information content (AvgIpc) is 3.03. The molecule has 1 unspecified atom stereocenters. The summed E-state index contributed by atoms with van der Waals surface area (Å²) in [5, 5.41) is 3.31. The minimum Gasteiger partial charge on any atom is -0.341 e. The molecule has 0 spiro atoms. The van der Waals surface area contributed by atoms with Gasteiger partial charge < -0.3 is 10.3 Å². The van der Waals surface area contributed by atoms with Gasteiger partial charge in [-0.3, -0.25) is 0 Å². The van der Waals surface area contributed by atoms with Crippen LogP contribution in [0.1, 0.15) is 30.3 Å². The number of nitrogens with one attached hydrogen (secondary N) is 2. The Labute approximate surface area is 110 Å². The topological polar surface area (TPSA) is 40.7 Å². The molecule has 1 aromatic carbocycles. The van der Waals surface area contributed by atoms with Crippen molar-refractivity contribution in [3.8, 4) is 11.3 Å². The van der Waals surface area contributed by atoms with Crippen molar-refractivity contribution in [3.63, 3.8) is 0 Å². The molecule has 1 atom stereocenters. The number of benzene rings is 1. The van der Waals surface area contributed by atoms with Crippen molar-refractivity contribution < 1.29 is 8.78 Å². The highest BCUT2D eigenvalue weighted by Crippen LogP contribution is 2.27. The second kappa shape index (κ2) is 4.74. The lowest BCUT2D eigenvalue weighted by molar-refractivity contribution is 0.594. The number of aromatic amines is 1. The maximum absolute atomic E-state index is 13.9. The number of nitrogens with zero attached hydrogens (tertiary/aromatic N) is 1. The zero-order valence-corrected chi connectivity index (χ0v) is 10.6. The molecule has 0 aliphatic carbocycles. The highest BCUT2D eigenvalue weighted by Gasteiger charge is 2.20. The summed E-state index contributed by atoms with van der Waals surface area (Å²) in [5.41, 5.74) is 1.04. The summed E-state index contributed by atoms with van der Waals surface area (Å²) in [6, 6.07) is 2.61. The Bertz CT molecular complexity index is 601. The highest BCUT2D eigenvalue weighted by molar-refractivity contribution is 5.60. The summed E-state index contributed by atoms with van der Waals surface area (Å²) in [4.78, 5) is 7.34. The van der Waals surface area contributed by atoms with Crippen LogP contribution in [0.25, 0.3) is 11.3 Å². The molecule has 1 saturated heterocycles. The molecule has 1 aromatic heterocycles. The fraction of sp³-hybridized carbons (Fsp3) is 0.357. The van der Waals surface area contributed by atoms with Gasteiger partial charge in [0.1, 0.15) is 17.5 Å². The number of rotatable bonds is 2. The second-order valence-electron chi connectivity index (χ2n) is 4.91. The Balaban J connectivity index is 1.96. The maximum Gasteiger partial charge on any atom is 0.133 e. The first-order chi connectivity index (χ1) is 9.15. The number of hydrogen-bond acceptors (Lipinski definition) is 2. The Morgan fingerprint density at radius 2 is 2.11 bits per heavy atom. The summed E-state index contributed by atoms with van der Waals surface area (Å²) >= 11 is 0. The van der Waals surface area contributed by atoms with E-state index in [2.05, 4.69) is 15.3 Å². The van der Waals surface area contributed by atoms with Crippen LogP contribution in [0.5, 0.6) is 0 Å². The third-order valence-corrected chi connectivity index (χ3v) is 3.52. The second-order valence-corrected chi connectivity index (χ2v) is 4.91. The van der Waals surface area contributed by atoms with Crippen molar-refractivity contribution >= 4 is 0 Å². The molecular weight excluding hydrogens is 248 g/mol. The van der Waals surface area contributed by atoms with Crippen LogP contribution in [0.4, 0.5) is 8.78 Å². The van der Waals surface area contributed by atoms with Crippen molar-refractivity contribution in [2.75, 3.05) is 6.54 Å². The van der Waals surface area contributed by atoms with Gasteiger partial charge in [-0.1, -0.05) is 0 Å². The monoisotopic (exact) mass is 263 g/mol. The number of hydrogen-bond donors (Lipinski definition) is 2. The fourth-order valence-electron chi connectivity index (χ4n) is 2.42. The summed E-state index contributed by atoms with van der Waals surface area (Å²) < 4.78 is 27.4. The standard InChI is InChI=1S/C14H15F2N3/c1-8-5-11(16)9(6-10(8)15)13-7-18-14(19-13)12-3-2-4-17-12/h5-7,12,17H,2-4H2,1H3,(H,18,19). The molecular formula is C14H15F2N3. The van der Waals surface area contributed by atoms with E-state index in [-0.39, 0.29) is 11.6 Å². The summed E-state index contributed by atoms with van der Waals surface area (Å²) in [5.74, 6) is -0.0621. The van der Waals surface area contributed by atoms with Crippen LogP contribution in [-0.4, -0.2) is 16.5 Å². The van der Waals surface area contributed by atoms with E-state index in [9.17, 15) is 8.78 Å². The molecule has 2 heterocycles. The Morgan fingerprint density at radius 1 is 1.26 bits per heavy atom. The molecule has 0 saturated carbocycles. The van der Waals surface area contributed by atoms with Gasteiger partial charge in [-0.2, -0.15) is 0 Å². The normalized spacial score (nSPS) is 19.0. The van der Waals surface area contributed by atoms with E-state index < -0.39 is 11.6 Å². The van der Waals surface area contributed by atoms with Crippen LogP contribution in [0.2, 0.25) is 0 Å². The number of aromatic nitrogens is 2. The van der Waals surface area contributed by atoms with E-state index in [1.807, 2.05) is 0 Å². The van der Waals surface area contributed by atoms with Crippen LogP contribution in [0, 0.1) is 18.6 Å². The first-order valence-corrected chi connectivity index (χ1v) is 6.39. The van der Waals surface area contributed by atoms with Gasteiger partial charge in [-0.15, -0.1) is 0 Å². The summed E-state index contributed by atoms with van der Waals surface area (Å²) in [7, 11) is 0. The van der Waals surface area contributed by atoms with E-state index in [0.717, 1.165) is 25.2 Å². The van der Waals surface area contributed by atoms with Crippen LogP contribution in [0.3, 0.4) is 0 Å². The molecule has 0 bridgehead atoms. The number of halogens is 2. The van der Waals surface area contributed by atoms with Crippen molar-refractivity contribution in [2.45, 2.75) is 25.8 Å². The number of aryl methyl sites for hydroxylation is 1. The largest absolute Gasteiger partial charge is 0.341 e. The molecule has 0 amide bonds. The zero-order valence-electron chi connectivity index (χ0n) is 10.6. The van der Waals surface area contributed by atoms with Crippen LogP contribution in [-0.2, 0) is 0 Å². The van der Waals surface area contributed by atoms with Gasteiger partial charge in [0.2, 0.25) is 0 Å². The van der Waals surface area contributed by atoms with Crippen molar-refractivity contribution in [3.05, 3.63) is 41.4 Å². The number of H-pyrrole nitrogens is 1. The molecule has 2 aromatic rings. The highest BCUT2D eigenvalue weighted by atomic mass is 19.1. The van der Waals surface area contributed by atoms with Crippen LogP contribution >= 0.6 is 0 Å². The molecule has 5 heteroatoms. The van der Waals surface area contributed by atoms with Gasteiger partial charge in [-0.25, -0.2) is 13.8 Å². The molecule has 1 aliphatic rings. The maximum atomic E-state index is 13.9. The van der Waals surface area contributed by atoms with Gasteiger partial charge in [0.15, 0.2) is 0 Å². The molecule has 19 heavy (non-hydrogen) atoms. The van der Waals surface area contributed by atoms with E-state index in [1.165, 1.54) is 12.1 Å². The quantitative estimate of drug-likeness (QED) is 0.874. The molecule has 1 fully saturated rings. The van der Waals surface area contributed by atoms with E-state index >= 15 is 0 Å². The Kier molecular flexibility index (Phi) is 3.06. The van der Waals surface area contributed by atoms with Crippen molar-refractivity contribution in [1.29, 1.82) is 0 Å². The molecule has 3 nitrogen and oxygen atoms in total.